The second-order valence-corrected chi connectivity index (χ2v) is 4.76. The Labute approximate surface area is 126 Å². The van der Waals surface area contributed by atoms with E-state index in [1.54, 1.807) is 4.90 Å². The highest BCUT2D eigenvalue weighted by atomic mass is 17.0. The van der Waals surface area contributed by atoms with Gasteiger partial charge >= 0.3 is 11.9 Å². The highest BCUT2D eigenvalue weighted by molar-refractivity contribution is 6.27. The molecule has 2 N–H and O–H groups in total. The summed E-state index contributed by atoms with van der Waals surface area (Å²) >= 11 is 0. The molecule has 0 atom stereocenters. The van der Waals surface area contributed by atoms with Gasteiger partial charge in [-0.15, -0.1) is 10.1 Å². The molecular weight excluding hydrogens is 302 g/mol. The average Bonchev–Trinajstić information content (AvgIpc) is 2.38. The van der Waals surface area contributed by atoms with Crippen LogP contribution in [0.4, 0.5) is 0 Å². The Morgan fingerprint density at radius 3 is 2.00 bits per heavy atom. The van der Waals surface area contributed by atoms with Crippen LogP contribution in [0.15, 0.2) is 0 Å². The maximum absolute atomic E-state index is 11.6. The lowest BCUT2D eigenvalue weighted by atomic mass is 10.1. The molecule has 22 heavy (non-hydrogen) atoms. The number of likely N-dealkylation sites (tertiary alicyclic amines) is 1. The summed E-state index contributed by atoms with van der Waals surface area (Å²) in [4.78, 5) is 48.0. The van der Waals surface area contributed by atoms with Gasteiger partial charge in [0.2, 0.25) is 5.91 Å². The molecule has 0 radical (unpaired) electrons. The average molecular weight is 321 g/mol. The molecule has 1 aliphatic rings. The first kappa shape index (κ1) is 19.6. The van der Waals surface area contributed by atoms with Gasteiger partial charge in [-0.2, -0.15) is 0 Å². The molecule has 0 bridgehead atoms. The van der Waals surface area contributed by atoms with Gasteiger partial charge in [0.25, 0.3) is 5.09 Å². The zero-order valence-corrected chi connectivity index (χ0v) is 12.3. The summed E-state index contributed by atoms with van der Waals surface area (Å²) in [7, 11) is 3.67. The highest BCUT2D eigenvalue weighted by Gasteiger charge is 2.24. The lowest BCUT2D eigenvalue weighted by molar-refractivity contribution is -0.769. The van der Waals surface area contributed by atoms with Crippen molar-refractivity contribution in [1.82, 2.24) is 9.80 Å². The van der Waals surface area contributed by atoms with E-state index in [-0.39, 0.29) is 12.0 Å². The van der Waals surface area contributed by atoms with Crippen LogP contribution >= 0.6 is 0 Å². The number of carboxylic acid groups (broad SMARTS) is 2. The molecule has 0 unspecified atom stereocenters. The quantitative estimate of drug-likeness (QED) is 0.373. The number of aliphatic carboxylic acids is 2. The molecule has 0 aliphatic carbocycles. The van der Waals surface area contributed by atoms with E-state index in [1.165, 1.54) is 0 Å². The van der Waals surface area contributed by atoms with Gasteiger partial charge in [0, 0.05) is 13.1 Å². The number of rotatable bonds is 4. The summed E-state index contributed by atoms with van der Waals surface area (Å²) in [6.07, 6.45) is 0.693. The molecule has 0 aromatic carbocycles. The Morgan fingerprint density at radius 2 is 1.68 bits per heavy atom. The SMILES string of the molecule is CN(C)CC(=O)N1CCC(O[N+](=O)[O-])CC1.O=C(O)C(=O)O. The van der Waals surface area contributed by atoms with Crippen molar-refractivity contribution in [1.29, 1.82) is 0 Å². The van der Waals surface area contributed by atoms with Crippen molar-refractivity contribution in [3.63, 3.8) is 0 Å². The minimum atomic E-state index is -1.82. The third-order valence-electron chi connectivity index (χ3n) is 2.66. The Morgan fingerprint density at radius 1 is 1.23 bits per heavy atom. The second kappa shape index (κ2) is 9.50. The van der Waals surface area contributed by atoms with E-state index in [1.807, 2.05) is 19.0 Å². The van der Waals surface area contributed by atoms with E-state index in [0.717, 1.165) is 0 Å². The smallest absolute Gasteiger partial charge is 0.414 e. The van der Waals surface area contributed by atoms with Crippen molar-refractivity contribution in [2.24, 2.45) is 0 Å². The molecule has 0 aromatic rings. The van der Waals surface area contributed by atoms with Crippen molar-refractivity contribution >= 4 is 17.8 Å². The van der Waals surface area contributed by atoms with E-state index >= 15 is 0 Å². The summed E-state index contributed by atoms with van der Waals surface area (Å²) in [5, 5.41) is 24.1. The number of carboxylic acids is 2. The van der Waals surface area contributed by atoms with Crippen LogP contribution in [0.25, 0.3) is 0 Å². The van der Waals surface area contributed by atoms with Gasteiger partial charge in [-0.1, -0.05) is 0 Å². The molecule has 0 spiro atoms. The Bertz CT molecular complexity index is 406. The molecule has 0 saturated carbocycles. The van der Waals surface area contributed by atoms with Crippen molar-refractivity contribution < 1.29 is 34.5 Å². The number of likely N-dealkylation sites (N-methyl/N-ethyl adjacent to an activating group) is 1. The number of carbonyl (C=O) groups is 3. The van der Waals surface area contributed by atoms with Crippen molar-refractivity contribution in [3.05, 3.63) is 10.1 Å². The zero-order chi connectivity index (χ0) is 17.3. The van der Waals surface area contributed by atoms with Gasteiger partial charge in [-0.3, -0.25) is 4.79 Å². The van der Waals surface area contributed by atoms with Gasteiger partial charge in [-0.25, -0.2) is 9.59 Å². The van der Waals surface area contributed by atoms with Gasteiger partial charge in [-0.05, 0) is 26.9 Å². The Balaban J connectivity index is 0.000000626. The fourth-order valence-electron chi connectivity index (χ4n) is 1.70. The normalized spacial score (nSPS) is 14.8. The lowest BCUT2D eigenvalue weighted by Gasteiger charge is -2.31. The van der Waals surface area contributed by atoms with Gasteiger partial charge < -0.3 is 24.9 Å². The molecule has 1 amide bonds. The second-order valence-electron chi connectivity index (χ2n) is 4.76. The Hall–Kier alpha value is -2.43. The number of carbonyl (C=O) groups excluding carboxylic acids is 1. The monoisotopic (exact) mass is 321 g/mol. The predicted octanol–water partition coefficient (Wildman–Crippen LogP) is -1.10. The van der Waals surface area contributed by atoms with Crippen LogP contribution in [0, 0.1) is 10.1 Å². The Kier molecular flexibility index (Phi) is 8.45. The topological polar surface area (TPSA) is 151 Å². The van der Waals surface area contributed by atoms with Gasteiger partial charge in [0.15, 0.2) is 0 Å². The molecule has 11 heteroatoms. The van der Waals surface area contributed by atoms with Crippen LogP contribution in [-0.2, 0) is 19.2 Å². The van der Waals surface area contributed by atoms with Crippen LogP contribution < -0.4 is 0 Å². The summed E-state index contributed by atoms with van der Waals surface area (Å²) in [5.41, 5.74) is 0. The van der Waals surface area contributed by atoms with Gasteiger partial charge in [0.05, 0.1) is 6.54 Å². The maximum Gasteiger partial charge on any atom is 0.414 e. The van der Waals surface area contributed by atoms with Crippen molar-refractivity contribution in [2.75, 3.05) is 33.7 Å². The number of nitrogens with zero attached hydrogens (tertiary/aromatic N) is 3. The third kappa shape index (κ3) is 8.68. The molecule has 11 nitrogen and oxygen atoms in total. The molecule has 1 saturated heterocycles. The van der Waals surface area contributed by atoms with Crippen LogP contribution in [0.1, 0.15) is 12.8 Å². The summed E-state index contributed by atoms with van der Waals surface area (Å²) in [6.45, 7) is 1.44. The molecule has 126 valence electrons. The van der Waals surface area contributed by atoms with Crippen LogP contribution in [0.5, 0.6) is 0 Å². The molecule has 1 aliphatic heterocycles. The highest BCUT2D eigenvalue weighted by Crippen LogP contribution is 2.13. The molecular formula is C11H19N3O8. The van der Waals surface area contributed by atoms with Crippen molar-refractivity contribution in [3.8, 4) is 0 Å². The first-order valence-corrected chi connectivity index (χ1v) is 6.33. The number of amides is 1. The van der Waals surface area contributed by atoms with Gasteiger partial charge in [0.1, 0.15) is 6.10 Å². The number of hydrogen-bond acceptors (Lipinski definition) is 7. The third-order valence-corrected chi connectivity index (χ3v) is 2.66. The lowest BCUT2D eigenvalue weighted by Crippen LogP contribution is -2.44. The standard InChI is InChI=1S/C9H17N3O4.C2H2O4/c1-10(2)7-9(13)11-5-3-8(4-6-11)16-12(14)15;3-1(4)2(5)6/h8H,3-7H2,1-2H3;(H,3,4)(H,5,6). The van der Waals surface area contributed by atoms with Crippen LogP contribution in [0.3, 0.4) is 0 Å². The molecule has 0 aromatic heterocycles. The summed E-state index contributed by atoms with van der Waals surface area (Å²) < 4.78 is 0. The van der Waals surface area contributed by atoms with E-state index in [0.29, 0.717) is 32.5 Å². The number of hydrogen-bond donors (Lipinski definition) is 2. The summed E-state index contributed by atoms with van der Waals surface area (Å²) in [5.74, 6) is -3.59. The first-order valence-electron chi connectivity index (χ1n) is 6.33. The minimum Gasteiger partial charge on any atom is -0.473 e. The zero-order valence-electron chi connectivity index (χ0n) is 12.3. The minimum absolute atomic E-state index is 0.0598. The van der Waals surface area contributed by atoms with E-state index in [2.05, 4.69) is 4.84 Å². The predicted molar refractivity (Wildman–Crippen MR) is 71.5 cm³/mol. The van der Waals surface area contributed by atoms with Crippen molar-refractivity contribution in [2.45, 2.75) is 18.9 Å². The van der Waals surface area contributed by atoms with E-state index < -0.39 is 17.0 Å². The summed E-state index contributed by atoms with van der Waals surface area (Å²) in [6, 6.07) is 0. The number of piperidine rings is 1. The maximum atomic E-state index is 11.6. The molecule has 1 fully saturated rings. The van der Waals surface area contributed by atoms with E-state index in [4.69, 9.17) is 19.8 Å². The van der Waals surface area contributed by atoms with Crippen LogP contribution in [0.2, 0.25) is 0 Å². The first-order chi connectivity index (χ1) is 10.1. The molecule has 1 heterocycles. The fourth-order valence-corrected chi connectivity index (χ4v) is 1.70. The largest absolute Gasteiger partial charge is 0.473 e. The molecule has 1 rings (SSSR count). The van der Waals surface area contributed by atoms with E-state index in [9.17, 15) is 14.9 Å². The fraction of sp³-hybridized carbons (Fsp3) is 0.727. The van der Waals surface area contributed by atoms with Crippen LogP contribution in [-0.4, -0.2) is 82.8 Å².